The van der Waals surface area contributed by atoms with E-state index >= 15 is 0 Å². The summed E-state index contributed by atoms with van der Waals surface area (Å²) in [6.45, 7) is 5.58. The number of hydrogen-bond donors (Lipinski definition) is 2. The van der Waals surface area contributed by atoms with Crippen molar-refractivity contribution in [3.8, 4) is 0 Å². The lowest BCUT2D eigenvalue weighted by Gasteiger charge is -1.98. The molecule has 0 aliphatic heterocycles. The van der Waals surface area contributed by atoms with Crippen LogP contribution in [0.15, 0.2) is 12.2 Å². The fourth-order valence-corrected chi connectivity index (χ4v) is 0.513. The highest BCUT2D eigenvalue weighted by Crippen LogP contribution is 2.02. The number of nitrogens with two attached hydrogens (primary N) is 1. The summed E-state index contributed by atoms with van der Waals surface area (Å²) in [4.78, 5) is 11.7. The van der Waals surface area contributed by atoms with E-state index in [1.807, 2.05) is 0 Å². The molecule has 0 rings (SSSR count). The van der Waals surface area contributed by atoms with Crippen LogP contribution in [0, 0.1) is 0 Å². The fourth-order valence-electron chi connectivity index (χ4n) is 0.513. The van der Waals surface area contributed by atoms with Crippen LogP contribution in [-0.2, 0) is 19.4 Å². The van der Waals surface area contributed by atoms with Gasteiger partial charge in [-0.2, -0.15) is 0 Å². The maximum absolute atomic E-state index is 10.3. The Hall–Kier alpha value is -0.960. The van der Waals surface area contributed by atoms with Crippen molar-refractivity contribution in [1.29, 1.82) is 0 Å². The molecule has 19 heavy (non-hydrogen) atoms. The second-order valence-electron chi connectivity index (χ2n) is 4.15. The number of amides is 1. The van der Waals surface area contributed by atoms with Crippen molar-refractivity contribution in [3.05, 3.63) is 12.2 Å². The Bertz CT molecular complexity index is 336. The minimum atomic E-state index is -4.41. The maximum atomic E-state index is 10.3. The topological polar surface area (TPSA) is 114 Å². The Morgan fingerprint density at radius 3 is 1.84 bits per heavy atom. The summed E-state index contributed by atoms with van der Waals surface area (Å²) >= 11 is 0. The van der Waals surface area contributed by atoms with Gasteiger partial charge in [0.25, 0.3) is 0 Å². The van der Waals surface area contributed by atoms with Crippen LogP contribution in [0.25, 0.3) is 0 Å². The number of nitrogens with one attached hydrogen (secondary N) is 1. The molecule has 0 spiro atoms. The van der Waals surface area contributed by atoms with Crippen molar-refractivity contribution in [2.75, 3.05) is 28.3 Å². The summed E-state index contributed by atoms with van der Waals surface area (Å²) < 4.78 is 31.0. The average Bonchev–Trinajstić information content (AvgIpc) is 2.24. The molecule has 0 aromatic carbocycles. The summed E-state index contributed by atoms with van der Waals surface area (Å²) in [5, 5.41) is 0. The van der Waals surface area contributed by atoms with Crippen LogP contribution in [0.4, 0.5) is 0 Å². The van der Waals surface area contributed by atoms with E-state index in [9.17, 15) is 17.8 Å². The molecule has 0 aliphatic rings. The van der Waals surface area contributed by atoms with Gasteiger partial charge in [0.2, 0.25) is 16.3 Å². The molecule has 0 saturated carbocycles. The Morgan fingerprint density at radius 1 is 1.37 bits per heavy atom. The number of hydrogen-bond acceptors (Lipinski definition) is 5. The fraction of sp³-hybridized carbons (Fsp3) is 0.727. The van der Waals surface area contributed by atoms with Gasteiger partial charge in [-0.25, -0.2) is 8.42 Å². The summed E-state index contributed by atoms with van der Waals surface area (Å²) in [5.41, 5.74) is 5.48. The third-order valence-electron chi connectivity index (χ3n) is 1.38. The van der Waals surface area contributed by atoms with Crippen molar-refractivity contribution in [2.24, 2.45) is 5.73 Å². The molecule has 0 saturated heterocycles. The maximum Gasteiger partial charge on any atom is 0.244 e. The van der Waals surface area contributed by atoms with E-state index in [-0.39, 0.29) is 5.91 Å². The second-order valence-corrected chi connectivity index (χ2v) is 5.30. The first kappa shape index (κ1) is 23.2. The van der Waals surface area contributed by atoms with Gasteiger partial charge in [-0.3, -0.25) is 8.98 Å². The Kier molecular flexibility index (Phi) is 16.4. The van der Waals surface area contributed by atoms with Gasteiger partial charge in [0.05, 0.1) is 28.3 Å². The molecule has 0 atom stereocenters. The minimum absolute atomic E-state index is 0.372. The standard InChI is InChI=1S/C7H13NO.C3H9N.CH4O4S/c1-3-4-5-6(2)7(8)9;1-4(2)3;1-5-6(2,3)4/h2-5H2,1H3,(H2,8,9);1-3H3;1H3,(H,2,3,4). The van der Waals surface area contributed by atoms with Crippen molar-refractivity contribution in [2.45, 2.75) is 26.2 Å². The van der Waals surface area contributed by atoms with E-state index in [0.717, 1.165) is 26.4 Å². The first-order chi connectivity index (χ1) is 8.47. The van der Waals surface area contributed by atoms with Crippen molar-refractivity contribution >= 4 is 16.3 Å². The van der Waals surface area contributed by atoms with Crippen LogP contribution < -0.4 is 10.6 Å². The van der Waals surface area contributed by atoms with Gasteiger partial charge in [0.15, 0.2) is 0 Å². The molecular weight excluding hydrogens is 272 g/mol. The van der Waals surface area contributed by atoms with E-state index in [4.69, 9.17) is 5.73 Å². The Morgan fingerprint density at radius 2 is 1.68 bits per heavy atom. The number of quaternary nitrogens is 1. The normalized spacial score (nSPS) is 9.84. The highest BCUT2D eigenvalue weighted by molar-refractivity contribution is 7.80. The highest BCUT2D eigenvalue weighted by atomic mass is 32.3. The first-order valence-electron chi connectivity index (χ1n) is 5.73. The largest absolute Gasteiger partial charge is 0.726 e. The van der Waals surface area contributed by atoms with E-state index < -0.39 is 10.4 Å². The van der Waals surface area contributed by atoms with Crippen molar-refractivity contribution in [3.63, 3.8) is 0 Å². The van der Waals surface area contributed by atoms with Crippen LogP contribution in [0.5, 0.6) is 0 Å². The molecule has 116 valence electrons. The van der Waals surface area contributed by atoms with Gasteiger partial charge in [-0.05, 0) is 12.8 Å². The van der Waals surface area contributed by atoms with E-state index in [1.54, 1.807) is 0 Å². The zero-order chi connectivity index (χ0) is 16.1. The summed E-state index contributed by atoms with van der Waals surface area (Å²) in [5.74, 6) is -0.372. The van der Waals surface area contributed by atoms with E-state index in [2.05, 4.69) is 38.8 Å². The molecule has 1 amide bonds. The lowest BCUT2D eigenvalue weighted by atomic mass is 10.1. The van der Waals surface area contributed by atoms with Gasteiger partial charge in [0.1, 0.15) is 0 Å². The predicted octanol–water partition coefficient (Wildman–Crippen LogP) is -0.928. The van der Waals surface area contributed by atoms with Crippen molar-refractivity contribution < 1.29 is 26.8 Å². The Labute approximate surface area is 116 Å². The smallest absolute Gasteiger partial charge is 0.244 e. The molecule has 0 aromatic rings. The molecule has 8 heteroatoms. The number of carbonyl (C=O) groups is 1. The molecule has 3 N–H and O–H groups in total. The molecule has 0 bridgehead atoms. The molecule has 0 aliphatic carbocycles. The second kappa shape index (κ2) is 13.5. The van der Waals surface area contributed by atoms with Gasteiger partial charge in [0, 0.05) is 5.57 Å². The third kappa shape index (κ3) is 38.2. The van der Waals surface area contributed by atoms with Gasteiger partial charge in [-0.1, -0.05) is 19.9 Å². The molecule has 7 nitrogen and oxygen atoms in total. The molecule has 0 unspecified atom stereocenters. The van der Waals surface area contributed by atoms with E-state index in [1.165, 1.54) is 4.90 Å². The SMILES string of the molecule is C=C(CCCC)C(N)=O.COS(=O)(=O)[O-].C[NH+](C)C. The molecule has 0 heterocycles. The minimum Gasteiger partial charge on any atom is -0.726 e. The summed E-state index contributed by atoms with van der Waals surface area (Å²) in [7, 11) is 2.65. The molecular formula is C11H26N2O5S. The molecule has 0 aromatic heterocycles. The number of carbonyl (C=O) groups excluding carboxylic acids is 1. The lowest BCUT2D eigenvalue weighted by Crippen LogP contribution is -3.02. The highest BCUT2D eigenvalue weighted by Gasteiger charge is 1.98. The lowest BCUT2D eigenvalue weighted by molar-refractivity contribution is -0.836. The average molecular weight is 298 g/mol. The zero-order valence-electron chi connectivity index (χ0n) is 12.4. The van der Waals surface area contributed by atoms with E-state index in [0.29, 0.717) is 5.57 Å². The quantitative estimate of drug-likeness (QED) is 0.387. The monoisotopic (exact) mass is 298 g/mol. The number of primary amides is 1. The molecule has 0 radical (unpaired) electrons. The molecule has 0 fully saturated rings. The number of unbranched alkanes of at least 4 members (excludes halogenated alkanes) is 1. The van der Waals surface area contributed by atoms with Crippen LogP contribution in [-0.4, -0.2) is 47.1 Å². The Balaban J connectivity index is -0.000000222. The van der Waals surface area contributed by atoms with Gasteiger partial charge in [-0.15, -0.1) is 0 Å². The van der Waals surface area contributed by atoms with Crippen molar-refractivity contribution in [1.82, 2.24) is 0 Å². The van der Waals surface area contributed by atoms with Crippen LogP contribution in [0.3, 0.4) is 0 Å². The number of rotatable bonds is 5. The van der Waals surface area contributed by atoms with Crippen LogP contribution in [0.1, 0.15) is 26.2 Å². The summed E-state index contributed by atoms with van der Waals surface area (Å²) in [6, 6.07) is 0. The van der Waals surface area contributed by atoms with Gasteiger partial charge >= 0.3 is 0 Å². The van der Waals surface area contributed by atoms with Crippen LogP contribution in [0.2, 0.25) is 0 Å². The van der Waals surface area contributed by atoms with Gasteiger partial charge < -0.3 is 15.2 Å². The zero-order valence-corrected chi connectivity index (χ0v) is 13.2. The first-order valence-corrected chi connectivity index (χ1v) is 7.07. The summed E-state index contributed by atoms with van der Waals surface area (Å²) in [6.07, 6.45) is 2.82. The third-order valence-corrected chi connectivity index (χ3v) is 1.79. The predicted molar refractivity (Wildman–Crippen MR) is 73.3 cm³/mol. The van der Waals surface area contributed by atoms with Crippen LogP contribution >= 0.6 is 0 Å².